The quantitative estimate of drug-likeness (QED) is 0.197. The zero-order chi connectivity index (χ0) is 24.7. The first-order chi connectivity index (χ1) is 18.2. The van der Waals surface area contributed by atoms with Gasteiger partial charge in [-0.1, -0.05) is 109 Å². The van der Waals surface area contributed by atoms with Gasteiger partial charge < -0.3 is 11.5 Å². The zero-order valence-corrected chi connectivity index (χ0v) is 20.2. The molecule has 2 nitrogen and oxygen atoms in total. The summed E-state index contributed by atoms with van der Waals surface area (Å²) >= 11 is 0. The Hall–Kier alpha value is -4.82. The Morgan fingerprint density at radius 3 is 1.73 bits per heavy atom. The van der Waals surface area contributed by atoms with Crippen molar-refractivity contribution in [2.45, 2.75) is 5.41 Å². The van der Waals surface area contributed by atoms with Crippen molar-refractivity contribution in [3.8, 4) is 11.1 Å². The predicted molar refractivity (Wildman–Crippen MR) is 156 cm³/mol. The second-order valence-corrected chi connectivity index (χ2v) is 10.1. The van der Waals surface area contributed by atoms with Crippen LogP contribution in [0.3, 0.4) is 0 Å². The van der Waals surface area contributed by atoms with E-state index in [0.717, 1.165) is 22.1 Å². The van der Waals surface area contributed by atoms with Crippen molar-refractivity contribution in [3.05, 3.63) is 144 Å². The minimum Gasteiger partial charge on any atom is -0.398 e. The van der Waals surface area contributed by atoms with Crippen LogP contribution >= 0.6 is 0 Å². The Morgan fingerprint density at radius 1 is 0.432 bits per heavy atom. The third-order valence-electron chi connectivity index (χ3n) is 8.41. The molecule has 2 heteroatoms. The van der Waals surface area contributed by atoms with E-state index in [1.807, 2.05) is 6.07 Å². The molecule has 0 bridgehead atoms. The number of hydrogen-bond donors (Lipinski definition) is 2. The van der Waals surface area contributed by atoms with Crippen molar-refractivity contribution in [1.82, 2.24) is 0 Å². The summed E-state index contributed by atoms with van der Waals surface area (Å²) in [5.41, 5.74) is 22.0. The van der Waals surface area contributed by atoms with Gasteiger partial charge in [0.05, 0.1) is 5.41 Å². The predicted octanol–water partition coefficient (Wildman–Crippen LogP) is 8.11. The molecule has 0 heterocycles. The minimum absolute atomic E-state index is 0.504. The fourth-order valence-corrected chi connectivity index (χ4v) is 6.94. The van der Waals surface area contributed by atoms with Crippen LogP contribution in [0.5, 0.6) is 0 Å². The summed E-state index contributed by atoms with van der Waals surface area (Å²) in [5, 5.41) is 6.92. The van der Waals surface area contributed by atoms with Gasteiger partial charge in [0, 0.05) is 22.1 Å². The Morgan fingerprint density at radius 2 is 1.00 bits per heavy atom. The van der Waals surface area contributed by atoms with Crippen LogP contribution in [0, 0.1) is 0 Å². The average molecular weight is 473 g/mol. The molecule has 174 valence electrons. The molecule has 0 unspecified atom stereocenters. The van der Waals surface area contributed by atoms with Gasteiger partial charge in [-0.25, -0.2) is 0 Å². The molecule has 0 amide bonds. The highest BCUT2D eigenvalue weighted by Crippen LogP contribution is 2.58. The molecule has 0 aliphatic heterocycles. The lowest BCUT2D eigenvalue weighted by Crippen LogP contribution is -2.29. The third kappa shape index (κ3) is 2.45. The minimum atomic E-state index is -0.504. The van der Waals surface area contributed by atoms with Crippen LogP contribution in [0.25, 0.3) is 43.4 Å². The topological polar surface area (TPSA) is 52.0 Å². The molecular formula is C35H24N2. The molecule has 0 radical (unpaired) electrons. The smallest absolute Gasteiger partial charge is 0.0720 e. The van der Waals surface area contributed by atoms with Crippen LogP contribution in [-0.4, -0.2) is 0 Å². The van der Waals surface area contributed by atoms with Crippen LogP contribution in [-0.2, 0) is 5.41 Å². The zero-order valence-electron chi connectivity index (χ0n) is 20.2. The normalized spacial score (nSPS) is 13.8. The number of nitrogen functional groups attached to an aromatic ring is 2. The standard InChI is InChI=1S/C35H24N2/c36-31-19-15-21-14-16-27-32(37)20-30(25-17-18-26(31)33(21)34(25)27)35(22-8-2-1-3-9-22)28-12-6-4-10-23(28)24-11-5-7-13-29(24)35/h1-20H,36-37H2. The highest BCUT2D eigenvalue weighted by Gasteiger charge is 2.47. The van der Waals surface area contributed by atoms with E-state index in [-0.39, 0.29) is 0 Å². The second kappa shape index (κ2) is 7.11. The van der Waals surface area contributed by atoms with Crippen molar-refractivity contribution >= 4 is 43.7 Å². The van der Waals surface area contributed by atoms with Crippen molar-refractivity contribution in [3.63, 3.8) is 0 Å². The monoisotopic (exact) mass is 472 g/mol. The molecule has 0 aromatic heterocycles. The number of nitrogens with two attached hydrogens (primary N) is 2. The van der Waals surface area contributed by atoms with Crippen molar-refractivity contribution < 1.29 is 0 Å². The fourth-order valence-electron chi connectivity index (χ4n) is 6.94. The summed E-state index contributed by atoms with van der Waals surface area (Å²) < 4.78 is 0. The number of anilines is 2. The van der Waals surface area contributed by atoms with Crippen LogP contribution < -0.4 is 11.5 Å². The van der Waals surface area contributed by atoms with Crippen molar-refractivity contribution in [1.29, 1.82) is 0 Å². The molecule has 0 spiro atoms. The summed E-state index contributed by atoms with van der Waals surface area (Å²) in [5.74, 6) is 0. The fraction of sp³-hybridized carbons (Fsp3) is 0.0286. The summed E-state index contributed by atoms with van der Waals surface area (Å²) in [6.45, 7) is 0. The lowest BCUT2D eigenvalue weighted by Gasteiger charge is -2.35. The molecule has 7 aromatic rings. The summed E-state index contributed by atoms with van der Waals surface area (Å²) in [7, 11) is 0. The van der Waals surface area contributed by atoms with E-state index in [1.165, 1.54) is 54.9 Å². The average Bonchev–Trinajstić information content (AvgIpc) is 3.25. The third-order valence-corrected chi connectivity index (χ3v) is 8.41. The lowest BCUT2D eigenvalue weighted by molar-refractivity contribution is 0.777. The van der Waals surface area contributed by atoms with Crippen LogP contribution in [0.2, 0.25) is 0 Å². The van der Waals surface area contributed by atoms with Crippen molar-refractivity contribution in [2.24, 2.45) is 0 Å². The van der Waals surface area contributed by atoms with Gasteiger partial charge in [-0.05, 0) is 67.1 Å². The van der Waals surface area contributed by atoms with E-state index in [0.29, 0.717) is 0 Å². The van der Waals surface area contributed by atoms with E-state index in [9.17, 15) is 0 Å². The molecule has 8 rings (SSSR count). The second-order valence-electron chi connectivity index (χ2n) is 10.1. The van der Waals surface area contributed by atoms with E-state index in [1.54, 1.807) is 0 Å². The van der Waals surface area contributed by atoms with Gasteiger partial charge in [-0.2, -0.15) is 0 Å². The molecule has 0 fully saturated rings. The summed E-state index contributed by atoms with van der Waals surface area (Å²) in [4.78, 5) is 0. The first-order valence-electron chi connectivity index (χ1n) is 12.7. The maximum absolute atomic E-state index is 6.92. The van der Waals surface area contributed by atoms with E-state index in [4.69, 9.17) is 11.5 Å². The first kappa shape index (κ1) is 20.4. The molecule has 1 aliphatic carbocycles. The SMILES string of the molecule is Nc1ccc2ccc3c(N)cc(C4(c5ccccc5)c5ccccc5-c5ccccc54)c4ccc1c2c34. The summed E-state index contributed by atoms with van der Waals surface area (Å²) in [6, 6.07) is 43.6. The highest BCUT2D eigenvalue weighted by molar-refractivity contribution is 6.28. The Balaban J connectivity index is 1.64. The van der Waals surface area contributed by atoms with Gasteiger partial charge in [0.1, 0.15) is 0 Å². The van der Waals surface area contributed by atoms with E-state index < -0.39 is 5.41 Å². The highest BCUT2D eigenvalue weighted by atomic mass is 14.6. The molecule has 0 atom stereocenters. The molecule has 4 N–H and O–H groups in total. The molecule has 37 heavy (non-hydrogen) atoms. The summed E-state index contributed by atoms with van der Waals surface area (Å²) in [6.07, 6.45) is 0. The van der Waals surface area contributed by atoms with E-state index in [2.05, 4.69) is 115 Å². The van der Waals surface area contributed by atoms with Gasteiger partial charge in [0.25, 0.3) is 0 Å². The Labute approximate surface area is 215 Å². The molecule has 0 saturated carbocycles. The largest absolute Gasteiger partial charge is 0.398 e. The molecule has 1 aliphatic rings. The number of hydrogen-bond acceptors (Lipinski definition) is 2. The van der Waals surface area contributed by atoms with Gasteiger partial charge in [0.2, 0.25) is 0 Å². The van der Waals surface area contributed by atoms with Crippen LogP contribution in [0.1, 0.15) is 22.3 Å². The van der Waals surface area contributed by atoms with Crippen molar-refractivity contribution in [2.75, 3.05) is 11.5 Å². The molecule has 0 saturated heterocycles. The number of benzene rings is 7. The maximum atomic E-state index is 6.92. The number of fused-ring (bicyclic) bond motifs is 3. The van der Waals surface area contributed by atoms with Crippen LogP contribution in [0.15, 0.2) is 121 Å². The Bertz CT molecular complexity index is 1960. The lowest BCUT2D eigenvalue weighted by atomic mass is 9.66. The van der Waals surface area contributed by atoms with Gasteiger partial charge >= 0.3 is 0 Å². The number of rotatable bonds is 2. The maximum Gasteiger partial charge on any atom is 0.0720 e. The van der Waals surface area contributed by atoms with Gasteiger partial charge in [0.15, 0.2) is 0 Å². The molecule has 7 aromatic carbocycles. The molecular weight excluding hydrogens is 448 g/mol. The van der Waals surface area contributed by atoms with Crippen LogP contribution in [0.4, 0.5) is 11.4 Å². The first-order valence-corrected chi connectivity index (χ1v) is 12.7. The van der Waals surface area contributed by atoms with Gasteiger partial charge in [-0.15, -0.1) is 0 Å². The Kier molecular flexibility index (Phi) is 3.92. The van der Waals surface area contributed by atoms with E-state index >= 15 is 0 Å². The van der Waals surface area contributed by atoms with Gasteiger partial charge in [-0.3, -0.25) is 0 Å².